The smallest absolute Gasteiger partial charge is 0.233 e. The zero-order valence-corrected chi connectivity index (χ0v) is 11.7. The summed E-state index contributed by atoms with van der Waals surface area (Å²) < 4.78 is 19.1. The van der Waals surface area contributed by atoms with E-state index in [-0.39, 0.29) is 5.82 Å². The lowest BCUT2D eigenvalue weighted by molar-refractivity contribution is 0.311. The van der Waals surface area contributed by atoms with Gasteiger partial charge in [0.05, 0.1) is 5.41 Å². The lowest BCUT2D eigenvalue weighted by atomic mass is 9.94. The number of halogens is 2. The summed E-state index contributed by atoms with van der Waals surface area (Å²) in [5, 5.41) is 3.86. The van der Waals surface area contributed by atoms with Crippen LogP contribution >= 0.6 is 15.9 Å². The summed E-state index contributed by atoms with van der Waals surface area (Å²) in [6.45, 7) is 4.20. The predicted molar refractivity (Wildman–Crippen MR) is 69.5 cm³/mol. The van der Waals surface area contributed by atoms with Gasteiger partial charge in [-0.2, -0.15) is 4.98 Å². The third-order valence-corrected chi connectivity index (χ3v) is 3.38. The van der Waals surface area contributed by atoms with Crippen LogP contribution in [0.5, 0.6) is 0 Å². The number of nitrogens with zero attached hydrogens (tertiary/aromatic N) is 2. The predicted octanol–water partition coefficient (Wildman–Crippen LogP) is 2.87. The second-order valence-corrected chi connectivity index (χ2v) is 5.49. The summed E-state index contributed by atoms with van der Waals surface area (Å²) in [4.78, 5) is 4.27. The monoisotopic (exact) mass is 313 g/mol. The van der Waals surface area contributed by atoms with E-state index < -0.39 is 5.41 Å². The van der Waals surface area contributed by atoms with Crippen LogP contribution < -0.4 is 5.73 Å². The number of aromatic nitrogens is 2. The fraction of sp³-hybridized carbons (Fsp3) is 0.333. The fourth-order valence-corrected chi connectivity index (χ4v) is 1.79. The summed E-state index contributed by atoms with van der Waals surface area (Å²) in [6, 6.07) is 4.32. The van der Waals surface area contributed by atoms with E-state index in [1.807, 2.05) is 13.8 Å². The van der Waals surface area contributed by atoms with Crippen LogP contribution in [0.4, 0.5) is 4.39 Å². The minimum Gasteiger partial charge on any atom is -0.338 e. The molecule has 4 nitrogen and oxygen atoms in total. The Hall–Kier alpha value is -1.27. The van der Waals surface area contributed by atoms with Gasteiger partial charge in [-0.25, -0.2) is 4.39 Å². The highest BCUT2D eigenvalue weighted by molar-refractivity contribution is 9.10. The highest BCUT2D eigenvalue weighted by Gasteiger charge is 2.26. The van der Waals surface area contributed by atoms with Gasteiger partial charge in [0, 0.05) is 16.6 Å². The van der Waals surface area contributed by atoms with Crippen molar-refractivity contribution in [1.29, 1.82) is 0 Å². The normalized spacial score (nSPS) is 11.8. The van der Waals surface area contributed by atoms with Gasteiger partial charge in [0.2, 0.25) is 11.7 Å². The van der Waals surface area contributed by atoms with Gasteiger partial charge < -0.3 is 10.3 Å². The van der Waals surface area contributed by atoms with Crippen LogP contribution in [0.25, 0.3) is 11.4 Å². The Morgan fingerprint density at radius 1 is 1.44 bits per heavy atom. The molecule has 0 aliphatic heterocycles. The number of hydrogen-bond acceptors (Lipinski definition) is 4. The molecule has 0 aliphatic rings. The maximum absolute atomic E-state index is 13.2. The molecule has 2 aromatic rings. The van der Waals surface area contributed by atoms with Crippen LogP contribution in [0.3, 0.4) is 0 Å². The van der Waals surface area contributed by atoms with Gasteiger partial charge in [-0.3, -0.25) is 0 Å². The molecule has 1 aromatic heterocycles. The van der Waals surface area contributed by atoms with Crippen LogP contribution in [-0.4, -0.2) is 16.7 Å². The standard InChI is InChI=1S/C12H13BrFN3O/c1-12(2,6-15)11-16-10(17-18-11)8-5-7(14)3-4-9(8)13/h3-5H,6,15H2,1-2H3. The van der Waals surface area contributed by atoms with Crippen molar-refractivity contribution in [3.8, 4) is 11.4 Å². The van der Waals surface area contributed by atoms with Gasteiger partial charge in [0.1, 0.15) is 5.82 Å². The van der Waals surface area contributed by atoms with Gasteiger partial charge in [0.15, 0.2) is 0 Å². The fourth-order valence-electron chi connectivity index (χ4n) is 1.36. The molecule has 0 saturated heterocycles. The lowest BCUT2D eigenvalue weighted by Crippen LogP contribution is -2.28. The van der Waals surface area contributed by atoms with Crippen LogP contribution in [0.1, 0.15) is 19.7 Å². The molecule has 0 saturated carbocycles. The lowest BCUT2D eigenvalue weighted by Gasteiger charge is -2.15. The molecule has 1 heterocycles. The van der Waals surface area contributed by atoms with E-state index in [1.165, 1.54) is 12.1 Å². The molecular weight excluding hydrogens is 301 g/mol. The van der Waals surface area contributed by atoms with Crippen molar-refractivity contribution in [3.05, 3.63) is 34.4 Å². The Morgan fingerprint density at radius 2 is 2.17 bits per heavy atom. The zero-order chi connectivity index (χ0) is 13.3. The molecule has 0 unspecified atom stereocenters. The Labute approximate surface area is 113 Å². The first-order chi connectivity index (χ1) is 8.44. The third-order valence-electron chi connectivity index (χ3n) is 2.68. The first-order valence-electron chi connectivity index (χ1n) is 5.44. The Bertz CT molecular complexity index is 568. The Balaban J connectivity index is 2.44. The first kappa shape index (κ1) is 13.2. The van der Waals surface area contributed by atoms with Crippen molar-refractivity contribution >= 4 is 15.9 Å². The average molecular weight is 314 g/mol. The van der Waals surface area contributed by atoms with E-state index in [0.29, 0.717) is 28.3 Å². The highest BCUT2D eigenvalue weighted by Crippen LogP contribution is 2.29. The minimum atomic E-state index is -0.398. The van der Waals surface area contributed by atoms with E-state index in [0.717, 1.165) is 0 Å². The maximum Gasteiger partial charge on any atom is 0.233 e. The van der Waals surface area contributed by atoms with Crippen molar-refractivity contribution in [3.63, 3.8) is 0 Å². The maximum atomic E-state index is 13.2. The zero-order valence-electron chi connectivity index (χ0n) is 10.1. The summed E-state index contributed by atoms with van der Waals surface area (Å²) >= 11 is 3.33. The summed E-state index contributed by atoms with van der Waals surface area (Å²) in [6.07, 6.45) is 0. The van der Waals surface area contributed by atoms with E-state index in [2.05, 4.69) is 26.1 Å². The molecule has 0 radical (unpaired) electrons. The molecule has 0 amide bonds. The molecule has 0 atom stereocenters. The van der Waals surface area contributed by atoms with Crippen molar-refractivity contribution < 1.29 is 8.91 Å². The highest BCUT2D eigenvalue weighted by atomic mass is 79.9. The molecule has 1 aromatic carbocycles. The number of nitrogens with two attached hydrogens (primary N) is 1. The quantitative estimate of drug-likeness (QED) is 0.946. The summed E-state index contributed by atoms with van der Waals surface area (Å²) in [5.74, 6) is 0.437. The van der Waals surface area contributed by atoms with E-state index in [9.17, 15) is 4.39 Å². The number of rotatable bonds is 3. The van der Waals surface area contributed by atoms with E-state index in [4.69, 9.17) is 10.3 Å². The minimum absolute atomic E-state index is 0.345. The van der Waals surface area contributed by atoms with Gasteiger partial charge in [0.25, 0.3) is 0 Å². The molecule has 0 fully saturated rings. The summed E-state index contributed by atoms with van der Waals surface area (Å²) in [7, 11) is 0. The van der Waals surface area contributed by atoms with E-state index >= 15 is 0 Å². The third kappa shape index (κ3) is 2.44. The number of hydrogen-bond donors (Lipinski definition) is 1. The van der Waals surface area contributed by atoms with Gasteiger partial charge in [-0.1, -0.05) is 21.1 Å². The molecule has 2 N–H and O–H groups in total. The molecule has 18 heavy (non-hydrogen) atoms. The Morgan fingerprint density at radius 3 is 2.83 bits per heavy atom. The van der Waals surface area contributed by atoms with Crippen molar-refractivity contribution in [2.24, 2.45) is 5.73 Å². The van der Waals surface area contributed by atoms with Crippen molar-refractivity contribution in [2.75, 3.05) is 6.54 Å². The second-order valence-electron chi connectivity index (χ2n) is 4.64. The second kappa shape index (κ2) is 4.78. The molecular formula is C12H13BrFN3O. The molecule has 0 aliphatic carbocycles. The molecule has 0 bridgehead atoms. The van der Waals surface area contributed by atoms with Crippen LogP contribution in [0, 0.1) is 5.82 Å². The molecule has 2 rings (SSSR count). The number of benzene rings is 1. The van der Waals surface area contributed by atoms with Crippen molar-refractivity contribution in [1.82, 2.24) is 10.1 Å². The SMILES string of the molecule is CC(C)(CN)c1nc(-c2cc(F)ccc2Br)no1. The first-order valence-corrected chi connectivity index (χ1v) is 6.23. The van der Waals surface area contributed by atoms with Gasteiger partial charge >= 0.3 is 0 Å². The molecule has 6 heteroatoms. The van der Waals surface area contributed by atoms with Gasteiger partial charge in [-0.15, -0.1) is 0 Å². The van der Waals surface area contributed by atoms with Crippen LogP contribution in [-0.2, 0) is 5.41 Å². The molecule has 96 valence electrons. The van der Waals surface area contributed by atoms with Crippen LogP contribution in [0.15, 0.2) is 27.2 Å². The largest absolute Gasteiger partial charge is 0.338 e. The van der Waals surface area contributed by atoms with Crippen molar-refractivity contribution in [2.45, 2.75) is 19.3 Å². The Kier molecular flexibility index (Phi) is 3.49. The van der Waals surface area contributed by atoms with Crippen LogP contribution in [0.2, 0.25) is 0 Å². The summed E-state index contributed by atoms with van der Waals surface area (Å²) in [5.41, 5.74) is 5.80. The van der Waals surface area contributed by atoms with Gasteiger partial charge in [-0.05, 0) is 32.0 Å². The molecule has 0 spiro atoms. The topological polar surface area (TPSA) is 64.9 Å². The van der Waals surface area contributed by atoms with E-state index in [1.54, 1.807) is 6.07 Å². The average Bonchev–Trinajstić information content (AvgIpc) is 2.82.